The number of carbonyl (C=O) groups excluding carboxylic acids is 1. The zero-order valence-electron chi connectivity index (χ0n) is 8.71. The van der Waals surface area contributed by atoms with Crippen molar-refractivity contribution in [3.8, 4) is 0 Å². The largest absolute Gasteiger partial charge is 0.399 e. The standard InChI is InChI=1S/C11H15N3O/c1-7-2-3-8(4-9(7)12)10-5-14-11(15)6-13-10/h2-4,10,13H,5-6,12H2,1H3,(H,14,15). The number of anilines is 1. The maximum atomic E-state index is 11.0. The summed E-state index contributed by atoms with van der Waals surface area (Å²) in [5.74, 6) is 0.0475. The van der Waals surface area contributed by atoms with Crippen molar-refractivity contribution in [2.75, 3.05) is 18.8 Å². The number of piperazine rings is 1. The molecule has 1 aromatic carbocycles. The van der Waals surface area contributed by atoms with Crippen molar-refractivity contribution in [3.05, 3.63) is 29.3 Å². The molecule has 1 aliphatic heterocycles. The molecule has 0 saturated carbocycles. The lowest BCUT2D eigenvalue weighted by atomic mass is 10.0. The highest BCUT2D eigenvalue weighted by atomic mass is 16.2. The fourth-order valence-corrected chi connectivity index (χ4v) is 1.68. The Bertz CT molecular complexity index is 379. The highest BCUT2D eigenvalue weighted by Crippen LogP contribution is 2.19. The van der Waals surface area contributed by atoms with E-state index in [1.165, 1.54) is 0 Å². The molecule has 4 heteroatoms. The quantitative estimate of drug-likeness (QED) is 0.579. The molecule has 1 amide bonds. The van der Waals surface area contributed by atoms with Crippen LogP contribution in [0.5, 0.6) is 0 Å². The molecule has 0 aliphatic carbocycles. The fourth-order valence-electron chi connectivity index (χ4n) is 1.68. The summed E-state index contributed by atoms with van der Waals surface area (Å²) in [4.78, 5) is 11.0. The molecule has 4 nitrogen and oxygen atoms in total. The number of benzene rings is 1. The molecule has 1 atom stereocenters. The van der Waals surface area contributed by atoms with Crippen LogP contribution in [-0.4, -0.2) is 19.0 Å². The van der Waals surface area contributed by atoms with E-state index < -0.39 is 0 Å². The van der Waals surface area contributed by atoms with Crippen molar-refractivity contribution in [1.29, 1.82) is 0 Å². The van der Waals surface area contributed by atoms with Crippen molar-refractivity contribution in [1.82, 2.24) is 10.6 Å². The van der Waals surface area contributed by atoms with E-state index in [0.29, 0.717) is 13.1 Å². The van der Waals surface area contributed by atoms with E-state index in [1.54, 1.807) is 0 Å². The second-order valence-corrected chi connectivity index (χ2v) is 3.85. The zero-order chi connectivity index (χ0) is 10.8. The highest BCUT2D eigenvalue weighted by molar-refractivity contribution is 5.79. The first kappa shape index (κ1) is 9.98. The summed E-state index contributed by atoms with van der Waals surface area (Å²) in [6, 6.07) is 6.18. The molecule has 15 heavy (non-hydrogen) atoms. The van der Waals surface area contributed by atoms with Crippen LogP contribution in [0.2, 0.25) is 0 Å². The van der Waals surface area contributed by atoms with Gasteiger partial charge in [0.25, 0.3) is 0 Å². The Morgan fingerprint density at radius 2 is 2.27 bits per heavy atom. The van der Waals surface area contributed by atoms with Crippen LogP contribution in [-0.2, 0) is 4.79 Å². The van der Waals surface area contributed by atoms with Crippen molar-refractivity contribution in [3.63, 3.8) is 0 Å². The first-order valence-corrected chi connectivity index (χ1v) is 5.03. The molecular formula is C11H15N3O. The smallest absolute Gasteiger partial charge is 0.234 e. The maximum absolute atomic E-state index is 11.0. The summed E-state index contributed by atoms with van der Waals surface area (Å²) >= 11 is 0. The van der Waals surface area contributed by atoms with Gasteiger partial charge in [0.15, 0.2) is 0 Å². The number of hydrogen-bond donors (Lipinski definition) is 3. The first-order valence-electron chi connectivity index (χ1n) is 5.03. The van der Waals surface area contributed by atoms with Gasteiger partial charge >= 0.3 is 0 Å². The van der Waals surface area contributed by atoms with Crippen LogP contribution in [0.15, 0.2) is 18.2 Å². The number of nitrogen functional groups attached to an aromatic ring is 1. The van der Waals surface area contributed by atoms with Crippen molar-refractivity contribution in [2.24, 2.45) is 0 Å². The zero-order valence-corrected chi connectivity index (χ0v) is 8.71. The van der Waals surface area contributed by atoms with E-state index in [-0.39, 0.29) is 11.9 Å². The van der Waals surface area contributed by atoms with Crippen molar-refractivity contribution < 1.29 is 4.79 Å². The van der Waals surface area contributed by atoms with Crippen LogP contribution < -0.4 is 16.4 Å². The van der Waals surface area contributed by atoms with Crippen LogP contribution >= 0.6 is 0 Å². The van der Waals surface area contributed by atoms with Crippen LogP contribution in [0.3, 0.4) is 0 Å². The summed E-state index contributed by atoms with van der Waals surface area (Å²) in [6.45, 7) is 2.98. The average molecular weight is 205 g/mol. The molecule has 1 fully saturated rings. The Balaban J connectivity index is 2.16. The summed E-state index contributed by atoms with van der Waals surface area (Å²) in [5, 5.41) is 5.99. The van der Waals surface area contributed by atoms with Gasteiger partial charge in [0, 0.05) is 12.2 Å². The third-order valence-corrected chi connectivity index (χ3v) is 2.72. The molecular weight excluding hydrogens is 190 g/mol. The predicted molar refractivity (Wildman–Crippen MR) is 59.3 cm³/mol. The van der Waals surface area contributed by atoms with Gasteiger partial charge in [0.05, 0.1) is 12.6 Å². The molecule has 4 N–H and O–H groups in total. The first-order chi connectivity index (χ1) is 7.16. The summed E-state index contributed by atoms with van der Waals surface area (Å²) in [6.07, 6.45) is 0. The second kappa shape index (κ2) is 3.90. The molecule has 1 unspecified atom stereocenters. The Hall–Kier alpha value is -1.55. The number of hydrogen-bond acceptors (Lipinski definition) is 3. The number of nitrogens with one attached hydrogen (secondary N) is 2. The Kier molecular flexibility index (Phi) is 2.60. The predicted octanol–water partition coefficient (Wildman–Crippen LogP) is 0.338. The summed E-state index contributed by atoms with van der Waals surface area (Å²) in [7, 11) is 0. The van der Waals surface area contributed by atoms with Gasteiger partial charge in [-0.2, -0.15) is 0 Å². The molecule has 0 bridgehead atoms. The molecule has 0 radical (unpaired) electrons. The number of amides is 1. The van der Waals surface area contributed by atoms with E-state index >= 15 is 0 Å². The van der Waals surface area contributed by atoms with Crippen LogP contribution in [0.1, 0.15) is 17.2 Å². The number of nitrogens with two attached hydrogens (primary N) is 1. The summed E-state index contributed by atoms with van der Waals surface area (Å²) < 4.78 is 0. The molecule has 80 valence electrons. The number of aryl methyl sites for hydroxylation is 1. The Morgan fingerprint density at radius 3 is 2.87 bits per heavy atom. The lowest BCUT2D eigenvalue weighted by Crippen LogP contribution is -2.46. The van der Waals surface area contributed by atoms with E-state index in [1.807, 2.05) is 25.1 Å². The van der Waals surface area contributed by atoms with Crippen molar-refractivity contribution >= 4 is 11.6 Å². The summed E-state index contributed by atoms with van der Waals surface area (Å²) in [5.41, 5.74) is 8.84. The van der Waals surface area contributed by atoms with Gasteiger partial charge in [0.2, 0.25) is 5.91 Å². The Labute approximate surface area is 88.9 Å². The molecule has 2 rings (SSSR count). The lowest BCUT2D eigenvalue weighted by molar-refractivity contribution is -0.121. The van der Waals surface area contributed by atoms with E-state index in [4.69, 9.17) is 5.73 Å². The molecule has 1 aliphatic rings. The minimum absolute atomic E-state index is 0.0475. The van der Waals surface area contributed by atoms with Gasteiger partial charge in [-0.25, -0.2) is 0 Å². The van der Waals surface area contributed by atoms with Gasteiger partial charge in [-0.05, 0) is 24.1 Å². The van der Waals surface area contributed by atoms with Crippen LogP contribution in [0.25, 0.3) is 0 Å². The van der Waals surface area contributed by atoms with E-state index in [2.05, 4.69) is 10.6 Å². The fraction of sp³-hybridized carbons (Fsp3) is 0.364. The minimum atomic E-state index is 0.0475. The third-order valence-electron chi connectivity index (χ3n) is 2.72. The number of carbonyl (C=O) groups is 1. The molecule has 1 saturated heterocycles. The maximum Gasteiger partial charge on any atom is 0.234 e. The van der Waals surface area contributed by atoms with Gasteiger partial charge in [-0.15, -0.1) is 0 Å². The van der Waals surface area contributed by atoms with E-state index in [0.717, 1.165) is 16.8 Å². The molecule has 1 heterocycles. The lowest BCUT2D eigenvalue weighted by Gasteiger charge is -2.24. The Morgan fingerprint density at radius 1 is 1.47 bits per heavy atom. The normalized spacial score (nSPS) is 21.1. The second-order valence-electron chi connectivity index (χ2n) is 3.85. The van der Waals surface area contributed by atoms with Gasteiger partial charge in [0.1, 0.15) is 0 Å². The van der Waals surface area contributed by atoms with Gasteiger partial charge in [-0.3, -0.25) is 10.1 Å². The molecule has 1 aromatic rings. The minimum Gasteiger partial charge on any atom is -0.399 e. The van der Waals surface area contributed by atoms with Gasteiger partial charge in [-0.1, -0.05) is 12.1 Å². The number of rotatable bonds is 1. The van der Waals surface area contributed by atoms with E-state index in [9.17, 15) is 4.79 Å². The SMILES string of the molecule is Cc1ccc(C2CNC(=O)CN2)cc1N. The van der Waals surface area contributed by atoms with Crippen molar-refractivity contribution in [2.45, 2.75) is 13.0 Å². The topological polar surface area (TPSA) is 67.2 Å². The van der Waals surface area contributed by atoms with Crippen LogP contribution in [0, 0.1) is 6.92 Å². The molecule has 0 spiro atoms. The van der Waals surface area contributed by atoms with Crippen LogP contribution in [0.4, 0.5) is 5.69 Å². The highest BCUT2D eigenvalue weighted by Gasteiger charge is 2.18. The monoisotopic (exact) mass is 205 g/mol. The molecule has 0 aromatic heterocycles. The van der Waals surface area contributed by atoms with Gasteiger partial charge < -0.3 is 11.1 Å². The average Bonchev–Trinajstić information content (AvgIpc) is 2.23. The third kappa shape index (κ3) is 2.10.